The van der Waals surface area contributed by atoms with Gasteiger partial charge < -0.3 is 0 Å². The summed E-state index contributed by atoms with van der Waals surface area (Å²) in [5.74, 6) is 0.682. The first-order chi connectivity index (χ1) is 7.36. The zero-order chi connectivity index (χ0) is 10.7. The summed E-state index contributed by atoms with van der Waals surface area (Å²) in [5.41, 5.74) is 4.60. The third-order valence-electron chi connectivity index (χ3n) is 3.24. The summed E-state index contributed by atoms with van der Waals surface area (Å²) < 4.78 is 0. The van der Waals surface area contributed by atoms with Crippen LogP contribution in [0, 0.1) is 0 Å². The van der Waals surface area contributed by atoms with Crippen LogP contribution in [0.25, 0.3) is 6.08 Å². The van der Waals surface area contributed by atoms with E-state index in [9.17, 15) is 0 Å². The Balaban J connectivity index is 2.30. The minimum absolute atomic E-state index is 0.682. The molecule has 0 bridgehead atoms. The Morgan fingerprint density at radius 3 is 2.73 bits per heavy atom. The Morgan fingerprint density at radius 2 is 2.00 bits per heavy atom. The maximum absolute atomic E-state index is 2.38. The van der Waals surface area contributed by atoms with E-state index < -0.39 is 0 Å². The third-order valence-corrected chi connectivity index (χ3v) is 3.24. The molecule has 1 aliphatic rings. The van der Waals surface area contributed by atoms with Gasteiger partial charge in [0.2, 0.25) is 0 Å². The van der Waals surface area contributed by atoms with Crippen LogP contribution in [-0.2, 0) is 6.42 Å². The molecule has 0 heterocycles. The van der Waals surface area contributed by atoms with Gasteiger partial charge in [-0.1, -0.05) is 57.0 Å². The fraction of sp³-hybridized carbons (Fsp3) is 0.467. The summed E-state index contributed by atoms with van der Waals surface area (Å²) in [4.78, 5) is 0. The molecule has 0 spiro atoms. The highest BCUT2D eigenvalue weighted by Gasteiger charge is 2.17. The molecule has 0 heteroatoms. The molecule has 1 aromatic rings. The molecule has 0 aliphatic heterocycles. The number of benzene rings is 1. The summed E-state index contributed by atoms with van der Waals surface area (Å²) in [7, 11) is 0. The van der Waals surface area contributed by atoms with Crippen LogP contribution >= 0.6 is 0 Å². The predicted octanol–water partition coefficient (Wildman–Crippen LogP) is 4.55. The first kappa shape index (κ1) is 10.5. The predicted molar refractivity (Wildman–Crippen MR) is 67.1 cm³/mol. The van der Waals surface area contributed by atoms with Gasteiger partial charge in [-0.25, -0.2) is 0 Å². The molecule has 1 aliphatic carbocycles. The summed E-state index contributed by atoms with van der Waals surface area (Å²) >= 11 is 0. The molecule has 1 unspecified atom stereocenters. The SMILES string of the molecule is CCCc1cccc2c1C=CC2CCC. The van der Waals surface area contributed by atoms with Gasteiger partial charge in [0.1, 0.15) is 0 Å². The lowest BCUT2D eigenvalue weighted by Crippen LogP contribution is -1.95. The van der Waals surface area contributed by atoms with Crippen LogP contribution in [0.5, 0.6) is 0 Å². The topological polar surface area (TPSA) is 0 Å². The highest BCUT2D eigenvalue weighted by atomic mass is 14.2. The summed E-state index contributed by atoms with van der Waals surface area (Å²) in [5, 5.41) is 0. The Hall–Kier alpha value is -1.04. The molecular formula is C15H20. The fourth-order valence-corrected chi connectivity index (χ4v) is 2.53. The quantitative estimate of drug-likeness (QED) is 0.669. The second-order valence-electron chi connectivity index (χ2n) is 4.42. The van der Waals surface area contributed by atoms with Crippen LogP contribution in [0.4, 0.5) is 0 Å². The number of hydrogen-bond donors (Lipinski definition) is 0. The van der Waals surface area contributed by atoms with Crippen molar-refractivity contribution in [2.24, 2.45) is 0 Å². The van der Waals surface area contributed by atoms with Crippen molar-refractivity contribution in [2.75, 3.05) is 0 Å². The van der Waals surface area contributed by atoms with Crippen molar-refractivity contribution in [1.29, 1.82) is 0 Å². The van der Waals surface area contributed by atoms with E-state index in [1.165, 1.54) is 36.8 Å². The van der Waals surface area contributed by atoms with E-state index in [1.807, 2.05) is 0 Å². The van der Waals surface area contributed by atoms with Gasteiger partial charge in [0.15, 0.2) is 0 Å². The standard InChI is InChI=1S/C15H20/c1-3-6-12-8-5-9-14-13(7-4-2)10-11-15(12)14/h5,8-11,13H,3-4,6-7H2,1-2H3. The van der Waals surface area contributed by atoms with Crippen molar-refractivity contribution in [3.8, 4) is 0 Å². The number of hydrogen-bond acceptors (Lipinski definition) is 0. The third kappa shape index (κ3) is 1.99. The highest BCUT2D eigenvalue weighted by molar-refractivity contribution is 5.65. The molecule has 2 rings (SSSR count). The molecule has 0 amide bonds. The lowest BCUT2D eigenvalue weighted by Gasteiger charge is -2.11. The van der Waals surface area contributed by atoms with Crippen LogP contribution in [0.3, 0.4) is 0 Å². The monoisotopic (exact) mass is 200 g/mol. The van der Waals surface area contributed by atoms with E-state index in [0.29, 0.717) is 5.92 Å². The minimum atomic E-state index is 0.682. The molecule has 0 aromatic heterocycles. The molecule has 15 heavy (non-hydrogen) atoms. The second-order valence-corrected chi connectivity index (χ2v) is 4.42. The largest absolute Gasteiger partial charge is 0.0764 e. The number of fused-ring (bicyclic) bond motifs is 1. The minimum Gasteiger partial charge on any atom is -0.0764 e. The van der Waals surface area contributed by atoms with E-state index in [4.69, 9.17) is 0 Å². The van der Waals surface area contributed by atoms with E-state index >= 15 is 0 Å². The summed E-state index contributed by atoms with van der Waals surface area (Å²) in [6, 6.07) is 6.80. The number of aryl methyl sites for hydroxylation is 1. The van der Waals surface area contributed by atoms with Crippen LogP contribution in [0.15, 0.2) is 24.3 Å². The fourth-order valence-electron chi connectivity index (χ4n) is 2.53. The summed E-state index contributed by atoms with van der Waals surface area (Å²) in [6.07, 6.45) is 9.73. The van der Waals surface area contributed by atoms with Gasteiger partial charge in [0, 0.05) is 5.92 Å². The molecule has 0 nitrogen and oxygen atoms in total. The van der Waals surface area contributed by atoms with Crippen LogP contribution in [0.1, 0.15) is 55.7 Å². The molecular weight excluding hydrogens is 180 g/mol. The van der Waals surface area contributed by atoms with Gasteiger partial charge in [-0.3, -0.25) is 0 Å². The number of rotatable bonds is 4. The van der Waals surface area contributed by atoms with Crippen molar-refractivity contribution >= 4 is 6.08 Å². The molecule has 1 aromatic carbocycles. The lowest BCUT2D eigenvalue weighted by molar-refractivity contribution is 0.724. The van der Waals surface area contributed by atoms with E-state index in [-0.39, 0.29) is 0 Å². The average Bonchev–Trinajstić information content (AvgIpc) is 2.64. The number of allylic oxidation sites excluding steroid dienone is 1. The van der Waals surface area contributed by atoms with E-state index in [0.717, 1.165) is 0 Å². The molecule has 0 radical (unpaired) electrons. The maximum Gasteiger partial charge on any atom is 0.00272 e. The van der Waals surface area contributed by atoms with Gasteiger partial charge in [0.05, 0.1) is 0 Å². The molecule has 0 N–H and O–H groups in total. The molecule has 0 saturated heterocycles. The van der Waals surface area contributed by atoms with Crippen molar-refractivity contribution in [1.82, 2.24) is 0 Å². The van der Waals surface area contributed by atoms with E-state index in [1.54, 1.807) is 5.56 Å². The van der Waals surface area contributed by atoms with Gasteiger partial charge >= 0.3 is 0 Å². The van der Waals surface area contributed by atoms with Gasteiger partial charge in [0.25, 0.3) is 0 Å². The van der Waals surface area contributed by atoms with Gasteiger partial charge in [-0.2, -0.15) is 0 Å². The second kappa shape index (κ2) is 4.65. The van der Waals surface area contributed by atoms with Gasteiger partial charge in [-0.15, -0.1) is 0 Å². The zero-order valence-electron chi connectivity index (χ0n) is 9.79. The normalized spacial score (nSPS) is 18.1. The van der Waals surface area contributed by atoms with Crippen molar-refractivity contribution in [3.05, 3.63) is 41.0 Å². The van der Waals surface area contributed by atoms with Crippen LogP contribution < -0.4 is 0 Å². The molecule has 1 atom stereocenters. The molecule has 0 saturated carbocycles. The Bertz CT molecular complexity index is 360. The zero-order valence-corrected chi connectivity index (χ0v) is 9.79. The molecule has 0 fully saturated rings. The average molecular weight is 200 g/mol. The van der Waals surface area contributed by atoms with E-state index in [2.05, 4.69) is 44.2 Å². The summed E-state index contributed by atoms with van der Waals surface area (Å²) in [6.45, 7) is 4.52. The molecule has 80 valence electrons. The van der Waals surface area contributed by atoms with Crippen molar-refractivity contribution in [2.45, 2.75) is 45.4 Å². The first-order valence-corrected chi connectivity index (χ1v) is 6.16. The van der Waals surface area contributed by atoms with Crippen LogP contribution in [0.2, 0.25) is 0 Å². The maximum atomic E-state index is 2.38. The highest BCUT2D eigenvalue weighted by Crippen LogP contribution is 2.35. The Labute approximate surface area is 93.0 Å². The van der Waals surface area contributed by atoms with Crippen molar-refractivity contribution in [3.63, 3.8) is 0 Å². The smallest absolute Gasteiger partial charge is 0.00272 e. The Kier molecular flexibility index (Phi) is 3.25. The lowest BCUT2D eigenvalue weighted by atomic mass is 9.93. The first-order valence-electron chi connectivity index (χ1n) is 6.16. The van der Waals surface area contributed by atoms with Gasteiger partial charge in [-0.05, 0) is 29.5 Å². The van der Waals surface area contributed by atoms with Crippen molar-refractivity contribution < 1.29 is 0 Å². The Morgan fingerprint density at radius 1 is 1.13 bits per heavy atom. The van der Waals surface area contributed by atoms with Crippen LogP contribution in [-0.4, -0.2) is 0 Å².